The lowest BCUT2D eigenvalue weighted by Crippen LogP contribution is -2.03. The molecule has 4 N–H and O–H groups in total. The van der Waals surface area contributed by atoms with Crippen LogP contribution in [-0.2, 0) is 13.7 Å². The predicted molar refractivity (Wildman–Crippen MR) is 102 cm³/mol. The van der Waals surface area contributed by atoms with Crippen LogP contribution in [-0.4, -0.2) is 25.9 Å². The van der Waals surface area contributed by atoms with E-state index in [1.165, 1.54) is 13.8 Å². The van der Waals surface area contributed by atoms with Crippen molar-refractivity contribution >= 4 is 21.3 Å². The Hall–Kier alpha value is -0.940. The quantitative estimate of drug-likeness (QED) is 0.483. The summed E-state index contributed by atoms with van der Waals surface area (Å²) in [5, 5.41) is 9.46. The minimum absolute atomic E-state index is 0.0489. The fourth-order valence-electron chi connectivity index (χ4n) is 2.49. The van der Waals surface area contributed by atoms with Crippen molar-refractivity contribution in [3.8, 4) is 5.75 Å². The third-order valence-corrected chi connectivity index (χ3v) is 7.35. The summed E-state index contributed by atoms with van der Waals surface area (Å²) >= 11 is 0. The Morgan fingerprint density at radius 3 is 1.69 bits per heavy atom. The first kappa shape index (κ1) is 23.1. The smallest absolute Gasteiger partial charge is 0.367 e. The van der Waals surface area contributed by atoms with Crippen molar-refractivity contribution in [2.75, 3.05) is 0 Å². The van der Waals surface area contributed by atoms with Gasteiger partial charge < -0.3 is 24.3 Å². The average molecular weight is 406 g/mol. The second-order valence-electron chi connectivity index (χ2n) is 7.08. The maximum Gasteiger partial charge on any atom is 0.367 e. The third kappa shape index (κ3) is 5.78. The second-order valence-corrected chi connectivity index (χ2v) is 10.7. The maximum absolute atomic E-state index is 12.4. The molecule has 7 nitrogen and oxygen atoms in total. The molecular weight excluding hydrogens is 378 g/mol. The summed E-state index contributed by atoms with van der Waals surface area (Å²) in [6.07, 6.45) is 0.291. The number of hydrogen-bond donors (Lipinski definition) is 4. The lowest BCUT2D eigenvalue weighted by atomic mass is 9.91. The molecule has 0 aliphatic rings. The SMILES string of the molecule is CC(C)OP(=O)(O)C(=Cc1cc(C(C)C)c(O)c(C(C)C)c1)P(=O)(O)O. The molecule has 0 bridgehead atoms. The van der Waals surface area contributed by atoms with Crippen LogP contribution in [0.5, 0.6) is 5.75 Å². The Morgan fingerprint density at radius 2 is 1.38 bits per heavy atom. The van der Waals surface area contributed by atoms with Crippen LogP contribution in [0.15, 0.2) is 17.2 Å². The molecule has 1 aromatic rings. The van der Waals surface area contributed by atoms with Crippen LogP contribution >= 0.6 is 15.2 Å². The predicted octanol–water partition coefficient (Wildman–Crippen LogP) is 4.73. The number of phenols is 1. The Bertz CT molecular complexity index is 746. The maximum atomic E-state index is 12.4. The Balaban J connectivity index is 3.69. The van der Waals surface area contributed by atoms with Gasteiger partial charge in [-0.2, -0.15) is 0 Å². The summed E-state index contributed by atoms with van der Waals surface area (Å²) < 4.78 is 29.1. The van der Waals surface area contributed by atoms with Gasteiger partial charge >= 0.3 is 15.2 Å². The summed E-state index contributed by atoms with van der Waals surface area (Å²) in [5.74, 6) is 0.0231. The van der Waals surface area contributed by atoms with Crippen molar-refractivity contribution in [3.05, 3.63) is 33.9 Å². The molecule has 0 spiro atoms. The van der Waals surface area contributed by atoms with Gasteiger partial charge in [0.2, 0.25) is 0 Å². The zero-order chi connectivity index (χ0) is 20.4. The summed E-state index contributed by atoms with van der Waals surface area (Å²) in [6, 6.07) is 3.10. The largest absolute Gasteiger partial charge is 0.507 e. The summed E-state index contributed by atoms with van der Waals surface area (Å²) in [7, 11) is -9.75. The summed E-state index contributed by atoms with van der Waals surface area (Å²) in [4.78, 5) is 29.2. The lowest BCUT2D eigenvalue weighted by Gasteiger charge is -2.20. The zero-order valence-electron chi connectivity index (χ0n) is 15.9. The standard InChI is InChI=1S/C17H28O7P2/c1-10(2)14-7-13(8-15(11(3)4)17(14)18)9-16(25(19,20)21)26(22,23)24-12(5)6/h7-12,18H,1-6H3,(H,22,23)(H2,19,20,21). The van der Waals surface area contributed by atoms with Gasteiger partial charge in [-0.05, 0) is 60.6 Å². The highest BCUT2D eigenvalue weighted by Gasteiger charge is 2.39. The van der Waals surface area contributed by atoms with E-state index in [1.807, 2.05) is 27.7 Å². The first-order valence-electron chi connectivity index (χ1n) is 8.33. The van der Waals surface area contributed by atoms with Crippen molar-refractivity contribution < 1.29 is 33.4 Å². The van der Waals surface area contributed by atoms with Gasteiger partial charge in [-0.25, -0.2) is 0 Å². The molecule has 1 unspecified atom stereocenters. The minimum atomic E-state index is -5.05. The lowest BCUT2D eigenvalue weighted by molar-refractivity contribution is 0.210. The van der Waals surface area contributed by atoms with E-state index in [2.05, 4.69) is 0 Å². The summed E-state index contributed by atoms with van der Waals surface area (Å²) in [6.45, 7) is 10.5. The van der Waals surface area contributed by atoms with Crippen molar-refractivity contribution in [1.82, 2.24) is 0 Å². The highest BCUT2D eigenvalue weighted by Crippen LogP contribution is 2.67. The van der Waals surface area contributed by atoms with E-state index in [1.54, 1.807) is 12.1 Å². The van der Waals surface area contributed by atoms with E-state index in [0.717, 1.165) is 6.08 Å². The molecule has 0 saturated heterocycles. The van der Waals surface area contributed by atoms with Crippen LogP contribution in [0.2, 0.25) is 0 Å². The average Bonchev–Trinajstić information content (AvgIpc) is 2.42. The highest BCUT2D eigenvalue weighted by atomic mass is 31.2. The molecule has 0 fully saturated rings. The van der Waals surface area contributed by atoms with Gasteiger partial charge in [0.15, 0.2) is 5.06 Å². The molecule has 0 heterocycles. The second kappa shape index (κ2) is 8.39. The molecule has 1 aromatic carbocycles. The van der Waals surface area contributed by atoms with Crippen LogP contribution < -0.4 is 0 Å². The van der Waals surface area contributed by atoms with E-state index >= 15 is 0 Å². The van der Waals surface area contributed by atoms with E-state index < -0.39 is 26.4 Å². The van der Waals surface area contributed by atoms with E-state index in [-0.39, 0.29) is 17.6 Å². The van der Waals surface area contributed by atoms with Crippen LogP contribution in [0.1, 0.15) is 70.1 Å². The van der Waals surface area contributed by atoms with Crippen LogP contribution in [0.25, 0.3) is 6.08 Å². The van der Waals surface area contributed by atoms with Gasteiger partial charge in [-0.15, -0.1) is 0 Å². The Labute approximate surface area is 154 Å². The fraction of sp³-hybridized carbons (Fsp3) is 0.529. The molecule has 1 rings (SSSR count). The Kier molecular flexibility index (Phi) is 7.45. The fourth-order valence-corrected chi connectivity index (χ4v) is 5.25. The highest BCUT2D eigenvalue weighted by molar-refractivity contribution is 7.77. The van der Waals surface area contributed by atoms with Crippen LogP contribution in [0.4, 0.5) is 0 Å². The molecule has 1 atom stereocenters. The van der Waals surface area contributed by atoms with Crippen molar-refractivity contribution in [3.63, 3.8) is 0 Å². The monoisotopic (exact) mass is 406 g/mol. The van der Waals surface area contributed by atoms with Crippen molar-refractivity contribution in [2.24, 2.45) is 0 Å². The Morgan fingerprint density at radius 1 is 0.962 bits per heavy atom. The van der Waals surface area contributed by atoms with Gasteiger partial charge in [0.1, 0.15) is 5.75 Å². The molecule has 148 valence electrons. The molecule has 9 heteroatoms. The van der Waals surface area contributed by atoms with Gasteiger partial charge in [0, 0.05) is 0 Å². The molecule has 26 heavy (non-hydrogen) atoms. The molecule has 0 aromatic heterocycles. The van der Waals surface area contributed by atoms with E-state index in [4.69, 9.17) is 4.52 Å². The normalized spacial score (nSPS) is 15.8. The molecule has 0 amide bonds. The van der Waals surface area contributed by atoms with Crippen molar-refractivity contribution in [2.45, 2.75) is 59.5 Å². The first-order chi connectivity index (χ1) is 11.7. The molecule has 0 saturated carbocycles. The van der Waals surface area contributed by atoms with Crippen LogP contribution in [0.3, 0.4) is 0 Å². The topological polar surface area (TPSA) is 124 Å². The number of aromatic hydroxyl groups is 1. The first-order valence-corrected chi connectivity index (χ1v) is 11.5. The zero-order valence-corrected chi connectivity index (χ0v) is 17.7. The number of benzene rings is 1. The van der Waals surface area contributed by atoms with Crippen molar-refractivity contribution in [1.29, 1.82) is 0 Å². The van der Waals surface area contributed by atoms with Gasteiger partial charge in [-0.3, -0.25) is 9.13 Å². The van der Waals surface area contributed by atoms with E-state index in [9.17, 15) is 28.9 Å². The molecule has 0 aliphatic carbocycles. The molecule has 0 aliphatic heterocycles. The number of rotatable bonds is 7. The van der Waals surface area contributed by atoms with Gasteiger partial charge in [0.05, 0.1) is 6.10 Å². The minimum Gasteiger partial charge on any atom is -0.507 e. The molecular formula is C17H28O7P2. The van der Waals surface area contributed by atoms with Gasteiger partial charge in [0.25, 0.3) is 0 Å². The third-order valence-electron chi connectivity index (χ3n) is 3.67. The number of hydrogen-bond acceptors (Lipinski definition) is 4. The van der Waals surface area contributed by atoms with Gasteiger partial charge in [-0.1, -0.05) is 27.7 Å². The number of phenolic OH excluding ortho intramolecular Hbond substituents is 1. The molecule has 0 radical (unpaired) electrons. The van der Waals surface area contributed by atoms with E-state index in [0.29, 0.717) is 16.7 Å². The summed E-state index contributed by atoms with van der Waals surface area (Å²) in [5.41, 5.74) is 1.49. The van der Waals surface area contributed by atoms with Crippen LogP contribution in [0, 0.1) is 0 Å².